The van der Waals surface area contributed by atoms with Gasteiger partial charge in [0.25, 0.3) is 0 Å². The van der Waals surface area contributed by atoms with Gasteiger partial charge in [-0.05, 0) is 47.7 Å². The van der Waals surface area contributed by atoms with Gasteiger partial charge >= 0.3 is 0 Å². The molecule has 2 aromatic rings. The fraction of sp³-hybridized carbons (Fsp3) is 0.278. The molecule has 0 heterocycles. The first-order valence-corrected chi connectivity index (χ1v) is 7.99. The van der Waals surface area contributed by atoms with Gasteiger partial charge in [-0.1, -0.05) is 42.8 Å². The Balaban J connectivity index is 2.38. The third kappa shape index (κ3) is 3.69. The quantitative estimate of drug-likeness (QED) is 0.726. The van der Waals surface area contributed by atoms with Crippen LogP contribution in [0.5, 0.6) is 11.5 Å². The molecular formula is C18H20BrNO2. The van der Waals surface area contributed by atoms with Gasteiger partial charge in [-0.25, -0.2) is 0 Å². The molecule has 0 saturated heterocycles. The Morgan fingerprint density at radius 2 is 1.77 bits per heavy atom. The fourth-order valence-electron chi connectivity index (χ4n) is 2.02. The highest BCUT2D eigenvalue weighted by Crippen LogP contribution is 2.34. The zero-order valence-electron chi connectivity index (χ0n) is 13.0. The minimum atomic E-state index is 0.0237. The maximum absolute atomic E-state index is 9.99. The molecule has 0 saturated carbocycles. The number of hydrogen-bond acceptors (Lipinski definition) is 3. The molecule has 0 atom stereocenters. The molecule has 0 spiro atoms. The monoisotopic (exact) mass is 361 g/mol. The zero-order chi connectivity index (χ0) is 16.3. The summed E-state index contributed by atoms with van der Waals surface area (Å²) in [5, 5.41) is 19.8. The number of rotatable bonds is 4. The lowest BCUT2D eigenvalue weighted by Gasteiger charge is -2.23. The van der Waals surface area contributed by atoms with Gasteiger partial charge in [0.2, 0.25) is 0 Å². The van der Waals surface area contributed by atoms with Crippen molar-refractivity contribution in [3.05, 3.63) is 52.0 Å². The Bertz CT molecular complexity index is 708. The van der Waals surface area contributed by atoms with Crippen molar-refractivity contribution in [2.24, 2.45) is 4.99 Å². The first-order valence-electron chi connectivity index (χ1n) is 7.19. The highest BCUT2D eigenvalue weighted by molar-refractivity contribution is 9.10. The lowest BCUT2D eigenvalue weighted by Crippen LogP contribution is -2.14. The summed E-state index contributed by atoms with van der Waals surface area (Å²) in [5.74, 6) is 0.276. The number of aliphatic imine (C=N–C) groups is 1. The van der Waals surface area contributed by atoms with Crippen LogP contribution in [0.25, 0.3) is 0 Å². The minimum Gasteiger partial charge on any atom is -0.507 e. The van der Waals surface area contributed by atoms with Gasteiger partial charge in [0.1, 0.15) is 17.2 Å². The van der Waals surface area contributed by atoms with Gasteiger partial charge in [0.15, 0.2) is 0 Å². The maximum Gasteiger partial charge on any atom is 0.141 e. The number of nitrogens with zero attached hydrogens (tertiary/aromatic N) is 1. The largest absolute Gasteiger partial charge is 0.507 e. The van der Waals surface area contributed by atoms with Gasteiger partial charge in [-0.3, -0.25) is 4.99 Å². The summed E-state index contributed by atoms with van der Waals surface area (Å²) >= 11 is 3.36. The van der Waals surface area contributed by atoms with Gasteiger partial charge < -0.3 is 10.2 Å². The van der Waals surface area contributed by atoms with Crippen LogP contribution in [0.2, 0.25) is 0 Å². The molecular weight excluding hydrogens is 342 g/mol. The summed E-state index contributed by atoms with van der Waals surface area (Å²) in [5.41, 5.74) is 2.24. The van der Waals surface area contributed by atoms with E-state index in [-0.39, 0.29) is 16.9 Å². The molecule has 3 nitrogen and oxygen atoms in total. The summed E-state index contributed by atoms with van der Waals surface area (Å²) in [6, 6.07) is 10.6. The van der Waals surface area contributed by atoms with Crippen LogP contribution in [0.1, 0.15) is 38.3 Å². The van der Waals surface area contributed by atoms with Crippen molar-refractivity contribution in [1.29, 1.82) is 0 Å². The predicted molar refractivity (Wildman–Crippen MR) is 94.5 cm³/mol. The zero-order valence-corrected chi connectivity index (χ0v) is 14.6. The molecule has 116 valence electrons. The van der Waals surface area contributed by atoms with Crippen LogP contribution in [0.15, 0.2) is 45.9 Å². The summed E-state index contributed by atoms with van der Waals surface area (Å²) in [6.07, 6.45) is 2.55. The maximum atomic E-state index is 9.99. The van der Waals surface area contributed by atoms with Crippen molar-refractivity contribution < 1.29 is 10.2 Å². The van der Waals surface area contributed by atoms with E-state index in [1.165, 1.54) is 0 Å². The molecule has 0 fully saturated rings. The highest BCUT2D eigenvalue weighted by atomic mass is 79.9. The Hall–Kier alpha value is -1.81. The van der Waals surface area contributed by atoms with Crippen molar-refractivity contribution in [2.45, 2.75) is 32.6 Å². The molecule has 0 unspecified atom stereocenters. The number of aromatic hydroxyl groups is 2. The average molecular weight is 362 g/mol. The SMILES string of the molecule is CCC(C)(C)c1ccc(O)c(N=Cc2cc(Br)ccc2O)c1. The van der Waals surface area contributed by atoms with Crippen LogP contribution in [0.4, 0.5) is 5.69 Å². The summed E-state index contributed by atoms with van der Waals surface area (Å²) in [7, 11) is 0. The Morgan fingerprint density at radius 1 is 1.09 bits per heavy atom. The summed E-state index contributed by atoms with van der Waals surface area (Å²) in [4.78, 5) is 4.33. The molecule has 0 amide bonds. The van der Waals surface area contributed by atoms with E-state index in [1.807, 2.05) is 12.1 Å². The number of phenols is 2. The van der Waals surface area contributed by atoms with Crippen molar-refractivity contribution >= 4 is 27.8 Å². The minimum absolute atomic E-state index is 0.0237. The second-order valence-corrected chi connectivity index (χ2v) is 6.82. The van der Waals surface area contributed by atoms with E-state index in [2.05, 4.69) is 41.7 Å². The standard InChI is InChI=1S/C18H20BrNO2/c1-4-18(2,3)13-5-7-17(22)15(10-13)20-11-12-9-14(19)6-8-16(12)21/h5-11,21-22H,4H2,1-3H3. The van der Waals surface area contributed by atoms with E-state index < -0.39 is 0 Å². The third-order valence-electron chi connectivity index (χ3n) is 3.97. The second-order valence-electron chi connectivity index (χ2n) is 5.90. The van der Waals surface area contributed by atoms with Crippen molar-refractivity contribution in [2.75, 3.05) is 0 Å². The number of benzene rings is 2. The first-order chi connectivity index (χ1) is 10.3. The first kappa shape index (κ1) is 16.6. The molecule has 0 aliphatic carbocycles. The normalized spacial score (nSPS) is 12.0. The fourth-order valence-corrected chi connectivity index (χ4v) is 2.40. The smallest absolute Gasteiger partial charge is 0.141 e. The third-order valence-corrected chi connectivity index (χ3v) is 4.47. The molecule has 0 aliphatic rings. The molecule has 0 radical (unpaired) electrons. The van der Waals surface area contributed by atoms with E-state index in [1.54, 1.807) is 30.5 Å². The average Bonchev–Trinajstić information content (AvgIpc) is 2.49. The Morgan fingerprint density at radius 3 is 2.45 bits per heavy atom. The Labute approximate surface area is 139 Å². The summed E-state index contributed by atoms with van der Waals surface area (Å²) in [6.45, 7) is 6.45. The number of hydrogen-bond donors (Lipinski definition) is 2. The molecule has 0 aromatic heterocycles. The van der Waals surface area contributed by atoms with Crippen LogP contribution in [-0.4, -0.2) is 16.4 Å². The molecule has 2 N–H and O–H groups in total. The van der Waals surface area contributed by atoms with E-state index in [9.17, 15) is 10.2 Å². The van der Waals surface area contributed by atoms with Crippen molar-refractivity contribution in [3.63, 3.8) is 0 Å². The van der Waals surface area contributed by atoms with Crippen LogP contribution in [0, 0.1) is 0 Å². The molecule has 0 aliphatic heterocycles. The van der Waals surface area contributed by atoms with Gasteiger partial charge in [-0.2, -0.15) is 0 Å². The van der Waals surface area contributed by atoms with Crippen LogP contribution in [0.3, 0.4) is 0 Å². The second kappa shape index (κ2) is 6.53. The van der Waals surface area contributed by atoms with E-state index in [0.29, 0.717) is 11.3 Å². The van der Waals surface area contributed by atoms with Crippen LogP contribution < -0.4 is 0 Å². The van der Waals surface area contributed by atoms with Gasteiger partial charge in [0.05, 0.1) is 0 Å². The lowest BCUT2D eigenvalue weighted by molar-refractivity contribution is 0.472. The van der Waals surface area contributed by atoms with E-state index >= 15 is 0 Å². The van der Waals surface area contributed by atoms with Crippen molar-refractivity contribution in [3.8, 4) is 11.5 Å². The molecule has 2 rings (SSSR count). The topological polar surface area (TPSA) is 52.8 Å². The highest BCUT2D eigenvalue weighted by Gasteiger charge is 2.19. The van der Waals surface area contributed by atoms with Crippen LogP contribution in [-0.2, 0) is 5.41 Å². The van der Waals surface area contributed by atoms with Crippen molar-refractivity contribution in [1.82, 2.24) is 0 Å². The van der Waals surface area contributed by atoms with Gasteiger partial charge in [-0.15, -0.1) is 0 Å². The lowest BCUT2D eigenvalue weighted by atomic mass is 9.82. The Kier molecular flexibility index (Phi) is 4.91. The number of halogens is 1. The molecule has 4 heteroatoms. The van der Waals surface area contributed by atoms with E-state index in [4.69, 9.17) is 0 Å². The molecule has 22 heavy (non-hydrogen) atoms. The van der Waals surface area contributed by atoms with Crippen LogP contribution >= 0.6 is 15.9 Å². The predicted octanol–water partition coefficient (Wildman–Crippen LogP) is 5.30. The van der Waals surface area contributed by atoms with E-state index in [0.717, 1.165) is 16.5 Å². The summed E-state index contributed by atoms with van der Waals surface area (Å²) < 4.78 is 0.858. The van der Waals surface area contributed by atoms with Gasteiger partial charge in [0, 0.05) is 16.3 Å². The molecule has 2 aromatic carbocycles. The number of phenolic OH excluding ortho intramolecular Hbond substituents is 2. The molecule has 0 bridgehead atoms.